The second kappa shape index (κ2) is 11.3. The van der Waals surface area contributed by atoms with Crippen molar-refractivity contribution in [2.75, 3.05) is 6.61 Å². The minimum atomic E-state index is -0.734. The van der Waals surface area contributed by atoms with Gasteiger partial charge >= 0.3 is 5.97 Å². The Morgan fingerprint density at radius 2 is 1.84 bits per heavy atom. The molecule has 2 rings (SSSR count). The van der Waals surface area contributed by atoms with Crippen LogP contribution in [0.3, 0.4) is 0 Å². The molecule has 5 nitrogen and oxygen atoms in total. The van der Waals surface area contributed by atoms with Crippen LogP contribution in [-0.2, 0) is 14.3 Å². The summed E-state index contributed by atoms with van der Waals surface area (Å²) in [5.41, 5.74) is 2.52. The van der Waals surface area contributed by atoms with E-state index in [0.717, 1.165) is 32.1 Å². The van der Waals surface area contributed by atoms with Gasteiger partial charge in [-0.2, -0.15) is 0 Å². The van der Waals surface area contributed by atoms with E-state index >= 15 is 0 Å². The highest BCUT2D eigenvalue weighted by Gasteiger charge is 2.51. The van der Waals surface area contributed by atoms with Crippen LogP contribution in [0.25, 0.3) is 0 Å². The molecule has 0 amide bonds. The number of fused-ring (bicyclic) bond motifs is 1. The molecule has 5 atom stereocenters. The topological polar surface area (TPSA) is 83.8 Å². The Balaban J connectivity index is 2.38. The maximum atomic E-state index is 13.3. The Bertz CT molecular complexity index is 790. The summed E-state index contributed by atoms with van der Waals surface area (Å²) < 4.78 is 5.21. The average Bonchev–Trinajstić information content (AvgIpc) is 2.92. The summed E-state index contributed by atoms with van der Waals surface area (Å²) in [5.74, 6) is -1.04. The van der Waals surface area contributed by atoms with Gasteiger partial charge in [0.25, 0.3) is 0 Å². The van der Waals surface area contributed by atoms with E-state index in [9.17, 15) is 19.8 Å². The van der Waals surface area contributed by atoms with Crippen LogP contribution in [0, 0.1) is 23.2 Å². The van der Waals surface area contributed by atoms with Gasteiger partial charge in [0.05, 0.1) is 12.7 Å². The monoisotopic (exact) mass is 446 g/mol. The Hall–Kier alpha value is -1.88. The van der Waals surface area contributed by atoms with Crippen LogP contribution in [0.5, 0.6) is 0 Å². The largest absolute Gasteiger partial charge is 0.504 e. The number of rotatable bonds is 3. The highest BCUT2D eigenvalue weighted by Crippen LogP contribution is 2.51. The maximum Gasteiger partial charge on any atom is 0.302 e. The summed E-state index contributed by atoms with van der Waals surface area (Å²) in [6.45, 7) is 11.7. The summed E-state index contributed by atoms with van der Waals surface area (Å²) in [6.07, 6.45) is 9.53. The van der Waals surface area contributed by atoms with E-state index < -0.39 is 11.5 Å². The number of esters is 1. The van der Waals surface area contributed by atoms with Crippen molar-refractivity contribution in [1.82, 2.24) is 0 Å². The second-order valence-electron chi connectivity index (χ2n) is 10.3. The molecule has 180 valence electrons. The zero-order chi connectivity index (χ0) is 24.1. The Morgan fingerprint density at radius 1 is 1.19 bits per heavy atom. The van der Waals surface area contributed by atoms with Gasteiger partial charge in [0, 0.05) is 18.3 Å². The van der Waals surface area contributed by atoms with Gasteiger partial charge in [0.15, 0.2) is 5.76 Å². The zero-order valence-electron chi connectivity index (χ0n) is 20.7. The summed E-state index contributed by atoms with van der Waals surface area (Å²) in [5, 5.41) is 21.6. The zero-order valence-corrected chi connectivity index (χ0v) is 20.7. The first-order valence-corrected chi connectivity index (χ1v) is 12.1. The summed E-state index contributed by atoms with van der Waals surface area (Å²) in [7, 11) is 0. The quantitative estimate of drug-likeness (QED) is 0.420. The molecule has 2 aliphatic rings. The lowest BCUT2D eigenvalue weighted by Crippen LogP contribution is -2.33. The van der Waals surface area contributed by atoms with Crippen LogP contribution in [0.1, 0.15) is 86.5 Å². The molecule has 0 aromatic rings. The number of hydrogen-bond donors (Lipinski definition) is 2. The van der Waals surface area contributed by atoms with Gasteiger partial charge in [-0.25, -0.2) is 0 Å². The normalized spacial score (nSPS) is 35.0. The SMILES string of the molecule is CC(=O)OCC(C)C1=C(O)C(=O)C2(C)C/C=C(/C)CC/C=C(\C)CCC(O)C(C)CCC12. The Morgan fingerprint density at radius 3 is 2.50 bits per heavy atom. The van der Waals surface area contributed by atoms with Crippen LogP contribution in [0.2, 0.25) is 0 Å². The third kappa shape index (κ3) is 6.34. The Kier molecular flexibility index (Phi) is 9.32. The molecule has 32 heavy (non-hydrogen) atoms. The molecular formula is C27H42O5. The molecule has 0 bridgehead atoms. The molecule has 0 heterocycles. The number of carbonyl (C=O) groups excluding carboxylic acids is 2. The molecule has 2 N–H and O–H groups in total. The number of allylic oxidation sites excluding steroid dienone is 5. The number of ketones is 1. The number of carbonyl (C=O) groups is 2. The van der Waals surface area contributed by atoms with Gasteiger partial charge in [-0.3, -0.25) is 9.59 Å². The standard InChI is InChI=1S/C27H42O5/c1-17-8-7-9-18(2)14-15-27(6)22(12-11-19(3)23(29)13-10-17)24(25(30)26(27)31)20(4)16-32-21(5)28/h8,14,19-20,22-23,29-30H,7,9-13,15-16H2,1-6H3/b17-8+,18-14-. The average molecular weight is 447 g/mol. The third-order valence-corrected chi connectivity index (χ3v) is 7.53. The Labute approximate surface area is 193 Å². The minimum absolute atomic E-state index is 0.0947. The van der Waals surface area contributed by atoms with E-state index in [1.165, 1.54) is 18.1 Å². The molecule has 0 fully saturated rings. The van der Waals surface area contributed by atoms with Gasteiger partial charge in [0.1, 0.15) is 0 Å². The van der Waals surface area contributed by atoms with Crippen molar-refractivity contribution in [3.05, 3.63) is 34.6 Å². The van der Waals surface area contributed by atoms with Crippen LogP contribution in [0.15, 0.2) is 34.6 Å². The molecule has 0 aromatic carbocycles. The van der Waals surface area contributed by atoms with Crippen LogP contribution >= 0.6 is 0 Å². The lowest BCUT2D eigenvalue weighted by Gasteiger charge is -2.33. The first kappa shape index (κ1) is 26.4. The smallest absolute Gasteiger partial charge is 0.302 e. The van der Waals surface area contributed by atoms with Crippen LogP contribution in [0.4, 0.5) is 0 Å². The molecule has 0 radical (unpaired) electrons. The molecule has 0 saturated heterocycles. The molecule has 5 unspecified atom stereocenters. The lowest BCUT2D eigenvalue weighted by atomic mass is 9.69. The van der Waals surface area contributed by atoms with Crippen LogP contribution in [-0.4, -0.2) is 34.7 Å². The number of Topliss-reactive ketones (excluding diaryl/α,β-unsaturated/α-hetero) is 1. The van der Waals surface area contributed by atoms with Gasteiger partial charge in [-0.05, 0) is 76.2 Å². The highest BCUT2D eigenvalue weighted by atomic mass is 16.5. The van der Waals surface area contributed by atoms with E-state index in [-0.39, 0.29) is 41.9 Å². The fourth-order valence-corrected chi connectivity index (χ4v) is 5.10. The van der Waals surface area contributed by atoms with Crippen molar-refractivity contribution in [2.45, 2.75) is 92.6 Å². The fourth-order valence-electron chi connectivity index (χ4n) is 5.10. The highest BCUT2D eigenvalue weighted by molar-refractivity contribution is 6.01. The van der Waals surface area contributed by atoms with Gasteiger partial charge < -0.3 is 14.9 Å². The summed E-state index contributed by atoms with van der Waals surface area (Å²) >= 11 is 0. The van der Waals surface area contributed by atoms with Crippen molar-refractivity contribution >= 4 is 11.8 Å². The van der Waals surface area contributed by atoms with Crippen LogP contribution < -0.4 is 0 Å². The van der Waals surface area contributed by atoms with E-state index in [1.54, 1.807) is 0 Å². The number of ether oxygens (including phenoxy) is 1. The van der Waals surface area contributed by atoms with Crippen molar-refractivity contribution in [1.29, 1.82) is 0 Å². The third-order valence-electron chi connectivity index (χ3n) is 7.53. The number of aliphatic hydroxyl groups is 2. The van der Waals surface area contributed by atoms with E-state index in [1.807, 2.05) is 13.8 Å². The van der Waals surface area contributed by atoms with Crippen molar-refractivity contribution in [2.24, 2.45) is 23.2 Å². The molecule has 2 aliphatic carbocycles. The second-order valence-corrected chi connectivity index (χ2v) is 10.3. The van der Waals surface area contributed by atoms with Gasteiger partial charge in [-0.15, -0.1) is 0 Å². The fraction of sp³-hybridized carbons (Fsp3) is 0.704. The molecule has 0 aromatic heterocycles. The summed E-state index contributed by atoms with van der Waals surface area (Å²) in [4.78, 5) is 24.6. The molecule has 0 spiro atoms. The lowest BCUT2D eigenvalue weighted by molar-refractivity contribution is -0.141. The van der Waals surface area contributed by atoms with Crippen molar-refractivity contribution in [3.8, 4) is 0 Å². The molecule has 5 heteroatoms. The maximum absolute atomic E-state index is 13.3. The molecular weight excluding hydrogens is 404 g/mol. The van der Waals surface area contributed by atoms with Gasteiger partial charge in [0.2, 0.25) is 5.78 Å². The van der Waals surface area contributed by atoms with E-state index in [0.29, 0.717) is 18.4 Å². The van der Waals surface area contributed by atoms with E-state index in [2.05, 4.69) is 32.9 Å². The first-order valence-electron chi connectivity index (χ1n) is 12.1. The van der Waals surface area contributed by atoms with Gasteiger partial charge in [-0.1, -0.05) is 44.1 Å². The predicted molar refractivity (Wildman–Crippen MR) is 127 cm³/mol. The van der Waals surface area contributed by atoms with Crippen molar-refractivity contribution in [3.63, 3.8) is 0 Å². The number of hydrogen-bond acceptors (Lipinski definition) is 5. The molecule has 0 saturated carbocycles. The van der Waals surface area contributed by atoms with E-state index in [4.69, 9.17) is 4.74 Å². The summed E-state index contributed by atoms with van der Waals surface area (Å²) in [6, 6.07) is 0. The minimum Gasteiger partial charge on any atom is -0.504 e. The van der Waals surface area contributed by atoms with Crippen molar-refractivity contribution < 1.29 is 24.5 Å². The molecule has 0 aliphatic heterocycles. The first-order chi connectivity index (χ1) is 15.0. The number of aliphatic hydroxyl groups excluding tert-OH is 2. The predicted octanol–water partition coefficient (Wildman–Crippen LogP) is 5.84.